The highest BCUT2D eigenvalue weighted by atomic mass is 16.2. The van der Waals surface area contributed by atoms with Gasteiger partial charge in [0.2, 0.25) is 5.91 Å². The molecule has 0 fully saturated rings. The zero-order chi connectivity index (χ0) is 11.0. The minimum absolute atomic E-state index is 0.225. The number of hydrogen-bond acceptors (Lipinski definition) is 3. The summed E-state index contributed by atoms with van der Waals surface area (Å²) in [7, 11) is 0. The lowest BCUT2D eigenvalue weighted by atomic mass is 10.1. The van der Waals surface area contributed by atoms with Crippen molar-refractivity contribution < 1.29 is 9.59 Å². The van der Waals surface area contributed by atoms with Crippen molar-refractivity contribution in [2.45, 2.75) is 51.6 Å². The molecule has 0 saturated carbocycles. The molecule has 0 spiro atoms. The zero-order valence-corrected chi connectivity index (χ0v) is 8.95. The number of nitrogens with two attached hydrogens (primary N) is 1. The quantitative estimate of drug-likeness (QED) is 0.591. The average Bonchev–Trinajstić information content (AvgIpc) is 2.17. The largest absolute Gasteiger partial charge is 0.345 e. The first-order valence-corrected chi connectivity index (χ1v) is 5.16. The fraction of sp³-hybridized carbons (Fsp3) is 0.800. The summed E-state index contributed by atoms with van der Waals surface area (Å²) in [6.45, 7) is 3.94. The minimum Gasteiger partial charge on any atom is -0.345 e. The fourth-order valence-corrected chi connectivity index (χ4v) is 1.22. The van der Waals surface area contributed by atoms with Crippen LogP contribution in [0.3, 0.4) is 0 Å². The van der Waals surface area contributed by atoms with Gasteiger partial charge in [-0.2, -0.15) is 0 Å². The van der Waals surface area contributed by atoms with Crippen molar-refractivity contribution in [1.29, 1.82) is 0 Å². The van der Waals surface area contributed by atoms with Crippen LogP contribution in [-0.2, 0) is 9.59 Å². The highest BCUT2D eigenvalue weighted by Crippen LogP contribution is 1.97. The predicted molar refractivity (Wildman–Crippen MR) is 55.8 cm³/mol. The van der Waals surface area contributed by atoms with Crippen LogP contribution >= 0.6 is 0 Å². The van der Waals surface area contributed by atoms with Gasteiger partial charge in [-0.15, -0.1) is 0 Å². The fourth-order valence-electron chi connectivity index (χ4n) is 1.22. The van der Waals surface area contributed by atoms with E-state index in [9.17, 15) is 9.59 Å². The molecule has 1 amide bonds. The Morgan fingerprint density at radius 1 is 1.36 bits per heavy atom. The van der Waals surface area contributed by atoms with Gasteiger partial charge in [0.15, 0.2) is 0 Å². The molecular weight excluding hydrogens is 180 g/mol. The van der Waals surface area contributed by atoms with Crippen LogP contribution < -0.4 is 11.1 Å². The van der Waals surface area contributed by atoms with Crippen LogP contribution in [0.2, 0.25) is 0 Å². The molecule has 2 unspecified atom stereocenters. The van der Waals surface area contributed by atoms with Gasteiger partial charge in [0.25, 0.3) is 0 Å². The molecule has 0 rings (SSSR count). The summed E-state index contributed by atoms with van der Waals surface area (Å²) in [5.41, 5.74) is 5.60. The summed E-state index contributed by atoms with van der Waals surface area (Å²) < 4.78 is 0. The number of amides is 1. The van der Waals surface area contributed by atoms with Crippen molar-refractivity contribution >= 4 is 12.2 Å². The van der Waals surface area contributed by atoms with Crippen LogP contribution in [0, 0.1) is 0 Å². The van der Waals surface area contributed by atoms with Crippen LogP contribution in [0.4, 0.5) is 0 Å². The molecule has 4 heteroatoms. The topological polar surface area (TPSA) is 72.2 Å². The molecule has 14 heavy (non-hydrogen) atoms. The maximum Gasteiger partial charge on any atom is 0.237 e. The van der Waals surface area contributed by atoms with E-state index in [-0.39, 0.29) is 11.9 Å². The van der Waals surface area contributed by atoms with Crippen LogP contribution in [0.15, 0.2) is 0 Å². The Hall–Kier alpha value is -0.900. The van der Waals surface area contributed by atoms with Crippen molar-refractivity contribution in [3.05, 3.63) is 0 Å². The lowest BCUT2D eigenvalue weighted by Crippen LogP contribution is -2.45. The smallest absolute Gasteiger partial charge is 0.237 e. The summed E-state index contributed by atoms with van der Waals surface area (Å²) in [5.74, 6) is -0.225. The Morgan fingerprint density at radius 3 is 2.36 bits per heavy atom. The SMILES string of the molecule is CCCC(C=O)NC(=O)C(N)CCC. The second-order valence-corrected chi connectivity index (χ2v) is 3.44. The van der Waals surface area contributed by atoms with E-state index in [0.29, 0.717) is 12.8 Å². The Morgan fingerprint density at radius 2 is 1.93 bits per heavy atom. The molecule has 0 aromatic heterocycles. The van der Waals surface area contributed by atoms with E-state index in [2.05, 4.69) is 5.32 Å². The molecule has 0 aliphatic heterocycles. The second-order valence-electron chi connectivity index (χ2n) is 3.44. The lowest BCUT2D eigenvalue weighted by Gasteiger charge is -2.15. The molecule has 0 heterocycles. The number of nitrogens with one attached hydrogen (secondary N) is 1. The Bertz CT molecular complexity index is 183. The number of carbonyl (C=O) groups is 2. The van der Waals surface area contributed by atoms with E-state index in [1.54, 1.807) is 0 Å². The van der Waals surface area contributed by atoms with Crippen LogP contribution in [-0.4, -0.2) is 24.3 Å². The van der Waals surface area contributed by atoms with Crippen molar-refractivity contribution in [2.24, 2.45) is 5.73 Å². The maximum absolute atomic E-state index is 11.4. The van der Waals surface area contributed by atoms with Gasteiger partial charge in [0, 0.05) is 0 Å². The molecule has 3 N–H and O–H groups in total. The highest BCUT2D eigenvalue weighted by molar-refractivity contribution is 5.84. The van der Waals surface area contributed by atoms with Gasteiger partial charge in [0.1, 0.15) is 6.29 Å². The first-order chi connectivity index (χ1) is 6.65. The van der Waals surface area contributed by atoms with Crippen molar-refractivity contribution in [1.82, 2.24) is 5.32 Å². The Labute approximate surface area is 85.2 Å². The monoisotopic (exact) mass is 200 g/mol. The van der Waals surface area contributed by atoms with Crippen molar-refractivity contribution in [3.63, 3.8) is 0 Å². The molecule has 0 aliphatic rings. The Kier molecular flexibility index (Phi) is 7.02. The first kappa shape index (κ1) is 13.1. The molecule has 0 radical (unpaired) electrons. The number of aldehydes is 1. The molecule has 0 aromatic rings. The normalized spacial score (nSPS) is 14.5. The van der Waals surface area contributed by atoms with Gasteiger partial charge in [-0.3, -0.25) is 4.79 Å². The maximum atomic E-state index is 11.4. The second kappa shape index (κ2) is 7.50. The molecular formula is C10H20N2O2. The summed E-state index contributed by atoms with van der Waals surface area (Å²) in [6, 6.07) is -0.866. The standard InChI is InChI=1S/C10H20N2O2/c1-3-5-8(7-13)12-10(14)9(11)6-4-2/h7-9H,3-6,11H2,1-2H3,(H,12,14). The number of carbonyl (C=O) groups excluding carboxylic acids is 2. The van der Waals surface area contributed by atoms with E-state index in [1.165, 1.54) is 0 Å². The van der Waals surface area contributed by atoms with Crippen LogP contribution in [0.1, 0.15) is 39.5 Å². The molecule has 0 aliphatic carbocycles. The van der Waals surface area contributed by atoms with E-state index >= 15 is 0 Å². The van der Waals surface area contributed by atoms with Crippen molar-refractivity contribution in [2.75, 3.05) is 0 Å². The molecule has 0 saturated heterocycles. The van der Waals surface area contributed by atoms with Crippen LogP contribution in [0.5, 0.6) is 0 Å². The molecule has 4 nitrogen and oxygen atoms in total. The predicted octanol–water partition coefficient (Wildman–Crippen LogP) is 0.598. The van der Waals surface area contributed by atoms with Gasteiger partial charge >= 0.3 is 0 Å². The van der Waals surface area contributed by atoms with E-state index in [4.69, 9.17) is 5.73 Å². The number of hydrogen-bond donors (Lipinski definition) is 2. The molecule has 0 aromatic carbocycles. The van der Waals surface area contributed by atoms with E-state index in [0.717, 1.165) is 19.1 Å². The molecule has 2 atom stereocenters. The zero-order valence-electron chi connectivity index (χ0n) is 8.95. The Balaban J connectivity index is 3.94. The molecule has 82 valence electrons. The van der Waals surface area contributed by atoms with Crippen molar-refractivity contribution in [3.8, 4) is 0 Å². The summed E-state index contributed by atoms with van der Waals surface area (Å²) in [4.78, 5) is 21.9. The summed E-state index contributed by atoms with van der Waals surface area (Å²) in [6.07, 6.45) is 3.83. The average molecular weight is 200 g/mol. The van der Waals surface area contributed by atoms with Gasteiger partial charge < -0.3 is 15.8 Å². The van der Waals surface area contributed by atoms with Gasteiger partial charge in [-0.05, 0) is 12.8 Å². The number of rotatable bonds is 7. The van der Waals surface area contributed by atoms with Gasteiger partial charge in [0.05, 0.1) is 12.1 Å². The third-order valence-electron chi connectivity index (χ3n) is 2.03. The van der Waals surface area contributed by atoms with Gasteiger partial charge in [-0.1, -0.05) is 26.7 Å². The minimum atomic E-state index is -0.487. The van der Waals surface area contributed by atoms with Crippen LogP contribution in [0.25, 0.3) is 0 Å². The van der Waals surface area contributed by atoms with Gasteiger partial charge in [-0.25, -0.2) is 0 Å². The third-order valence-corrected chi connectivity index (χ3v) is 2.03. The van der Waals surface area contributed by atoms with E-state index < -0.39 is 6.04 Å². The van der Waals surface area contributed by atoms with E-state index in [1.807, 2.05) is 13.8 Å². The lowest BCUT2D eigenvalue weighted by molar-refractivity contribution is -0.125. The third kappa shape index (κ3) is 4.97. The summed E-state index contributed by atoms with van der Waals surface area (Å²) in [5, 5.41) is 2.62. The molecule has 0 bridgehead atoms. The first-order valence-electron chi connectivity index (χ1n) is 5.16. The summed E-state index contributed by atoms with van der Waals surface area (Å²) >= 11 is 0. The highest BCUT2D eigenvalue weighted by Gasteiger charge is 2.15.